The van der Waals surface area contributed by atoms with Crippen LogP contribution in [-0.4, -0.2) is 63.1 Å². The molecule has 0 saturated carbocycles. The van der Waals surface area contributed by atoms with E-state index >= 15 is 0 Å². The first kappa shape index (κ1) is 15.9. The van der Waals surface area contributed by atoms with Gasteiger partial charge in [0.15, 0.2) is 6.29 Å². The standard InChI is InChI=1S/C16H22O6/c1-18-7-8-19-14-12(17)9-20-13-10-21-16(22-15(13)14)11-5-3-2-4-6-11/h2-6,12-17H,7-10H2,1H3/t12-,13+,14-,15+,16?/m0/s1. The molecule has 2 heterocycles. The second kappa shape index (κ2) is 7.50. The number of hydrogen-bond donors (Lipinski definition) is 1. The molecule has 0 radical (unpaired) electrons. The second-order valence-electron chi connectivity index (χ2n) is 5.44. The molecule has 5 atom stereocenters. The lowest BCUT2D eigenvalue weighted by atomic mass is 9.98. The molecule has 6 heteroatoms. The fourth-order valence-corrected chi connectivity index (χ4v) is 2.77. The molecule has 0 bridgehead atoms. The van der Waals surface area contributed by atoms with Crippen LogP contribution in [0.3, 0.4) is 0 Å². The van der Waals surface area contributed by atoms with E-state index < -0.39 is 18.5 Å². The zero-order chi connectivity index (χ0) is 15.4. The first-order valence-corrected chi connectivity index (χ1v) is 7.52. The third-order valence-corrected chi connectivity index (χ3v) is 3.91. The molecule has 2 aliphatic rings. The van der Waals surface area contributed by atoms with Gasteiger partial charge in [-0.1, -0.05) is 30.3 Å². The molecule has 6 nitrogen and oxygen atoms in total. The molecule has 0 aromatic heterocycles. The number of fused-ring (bicyclic) bond motifs is 1. The van der Waals surface area contributed by atoms with Gasteiger partial charge in [-0.2, -0.15) is 0 Å². The minimum Gasteiger partial charge on any atom is -0.388 e. The van der Waals surface area contributed by atoms with Gasteiger partial charge in [0.1, 0.15) is 24.4 Å². The number of aliphatic hydroxyl groups is 1. The molecule has 1 unspecified atom stereocenters. The molecule has 1 aromatic carbocycles. The average Bonchev–Trinajstić information content (AvgIpc) is 2.57. The second-order valence-corrected chi connectivity index (χ2v) is 5.44. The Kier molecular flexibility index (Phi) is 5.41. The van der Waals surface area contributed by atoms with E-state index in [1.807, 2.05) is 30.3 Å². The monoisotopic (exact) mass is 310 g/mol. The van der Waals surface area contributed by atoms with Crippen molar-refractivity contribution in [2.24, 2.45) is 0 Å². The van der Waals surface area contributed by atoms with E-state index in [-0.39, 0.29) is 18.8 Å². The Morgan fingerprint density at radius 1 is 1.14 bits per heavy atom. The molecule has 1 aromatic rings. The lowest BCUT2D eigenvalue weighted by Gasteiger charge is -2.45. The van der Waals surface area contributed by atoms with Gasteiger partial charge in [-0.15, -0.1) is 0 Å². The predicted octanol–water partition coefficient (Wildman–Crippen LogP) is 0.892. The van der Waals surface area contributed by atoms with Gasteiger partial charge >= 0.3 is 0 Å². The van der Waals surface area contributed by atoms with Crippen LogP contribution in [0.25, 0.3) is 0 Å². The largest absolute Gasteiger partial charge is 0.388 e. The molecule has 3 rings (SSSR count). The molecular formula is C16H22O6. The number of methoxy groups -OCH3 is 1. The van der Waals surface area contributed by atoms with Crippen LogP contribution in [0, 0.1) is 0 Å². The summed E-state index contributed by atoms with van der Waals surface area (Å²) in [5.74, 6) is 0. The summed E-state index contributed by atoms with van der Waals surface area (Å²) in [7, 11) is 1.61. The fraction of sp³-hybridized carbons (Fsp3) is 0.625. The summed E-state index contributed by atoms with van der Waals surface area (Å²) in [5.41, 5.74) is 0.941. The first-order valence-electron chi connectivity index (χ1n) is 7.52. The van der Waals surface area contributed by atoms with E-state index in [4.69, 9.17) is 23.7 Å². The molecule has 1 N–H and O–H groups in total. The highest BCUT2D eigenvalue weighted by molar-refractivity contribution is 5.16. The zero-order valence-corrected chi connectivity index (χ0v) is 12.6. The number of ether oxygens (including phenoxy) is 5. The Balaban J connectivity index is 1.69. The Morgan fingerprint density at radius 2 is 1.95 bits per heavy atom. The van der Waals surface area contributed by atoms with Gasteiger partial charge in [0, 0.05) is 12.7 Å². The van der Waals surface area contributed by atoms with Crippen LogP contribution in [0.2, 0.25) is 0 Å². The van der Waals surface area contributed by atoms with Crippen LogP contribution in [0.1, 0.15) is 11.9 Å². The minimum absolute atomic E-state index is 0.224. The van der Waals surface area contributed by atoms with Gasteiger partial charge in [-0.3, -0.25) is 0 Å². The maximum Gasteiger partial charge on any atom is 0.184 e. The van der Waals surface area contributed by atoms with Crippen molar-refractivity contribution in [2.45, 2.75) is 30.7 Å². The summed E-state index contributed by atoms with van der Waals surface area (Å²) in [4.78, 5) is 0. The summed E-state index contributed by atoms with van der Waals surface area (Å²) in [6.07, 6.45) is -2.21. The van der Waals surface area contributed by atoms with Gasteiger partial charge in [0.05, 0.1) is 26.4 Å². The smallest absolute Gasteiger partial charge is 0.184 e. The highest BCUT2D eigenvalue weighted by Crippen LogP contribution is 2.33. The topological polar surface area (TPSA) is 66.4 Å². The molecule has 0 amide bonds. The molecular weight excluding hydrogens is 288 g/mol. The molecule has 0 aliphatic carbocycles. The minimum atomic E-state index is -0.715. The van der Waals surface area contributed by atoms with E-state index in [0.717, 1.165) is 5.56 Å². The molecule has 0 spiro atoms. The Bertz CT molecular complexity index is 453. The van der Waals surface area contributed by atoms with Crippen molar-refractivity contribution >= 4 is 0 Å². The summed E-state index contributed by atoms with van der Waals surface area (Å²) in [6.45, 7) is 1.52. The van der Waals surface area contributed by atoms with E-state index in [0.29, 0.717) is 19.8 Å². The number of aliphatic hydroxyl groups excluding tert-OH is 1. The van der Waals surface area contributed by atoms with Crippen molar-refractivity contribution in [2.75, 3.05) is 33.5 Å². The first-order chi connectivity index (χ1) is 10.8. The quantitative estimate of drug-likeness (QED) is 0.815. The lowest BCUT2D eigenvalue weighted by Crippen LogP contribution is -2.59. The van der Waals surface area contributed by atoms with Crippen LogP contribution in [0.5, 0.6) is 0 Å². The third-order valence-electron chi connectivity index (χ3n) is 3.91. The van der Waals surface area contributed by atoms with Crippen molar-refractivity contribution in [3.8, 4) is 0 Å². The highest BCUT2D eigenvalue weighted by Gasteiger charge is 2.45. The van der Waals surface area contributed by atoms with Crippen molar-refractivity contribution < 1.29 is 28.8 Å². The van der Waals surface area contributed by atoms with Gasteiger partial charge < -0.3 is 28.8 Å². The highest BCUT2D eigenvalue weighted by atomic mass is 16.7. The van der Waals surface area contributed by atoms with E-state index in [2.05, 4.69) is 0 Å². The SMILES string of the molecule is COCCO[C@@H]1[C@@H]2OC(c3ccccc3)OC[C@H]2OC[C@@H]1O. The predicted molar refractivity (Wildman–Crippen MR) is 77.4 cm³/mol. The lowest BCUT2D eigenvalue weighted by molar-refractivity contribution is -0.319. The molecule has 2 fully saturated rings. The molecule has 122 valence electrons. The summed E-state index contributed by atoms with van der Waals surface area (Å²) >= 11 is 0. The fourth-order valence-electron chi connectivity index (χ4n) is 2.77. The molecule has 2 saturated heterocycles. The Labute approximate surface area is 129 Å². The maximum atomic E-state index is 10.2. The number of benzene rings is 1. The third kappa shape index (κ3) is 3.48. The van der Waals surface area contributed by atoms with Crippen molar-refractivity contribution in [3.63, 3.8) is 0 Å². The Hall–Kier alpha value is -1.02. The summed E-state index contributed by atoms with van der Waals surface area (Å²) < 4.78 is 28.1. The van der Waals surface area contributed by atoms with Gasteiger partial charge in [0.25, 0.3) is 0 Å². The van der Waals surface area contributed by atoms with Gasteiger partial charge in [-0.05, 0) is 0 Å². The van der Waals surface area contributed by atoms with E-state index in [1.165, 1.54) is 0 Å². The van der Waals surface area contributed by atoms with Crippen LogP contribution in [0.4, 0.5) is 0 Å². The van der Waals surface area contributed by atoms with Crippen LogP contribution in [0.15, 0.2) is 30.3 Å². The van der Waals surface area contributed by atoms with Crippen molar-refractivity contribution in [1.29, 1.82) is 0 Å². The van der Waals surface area contributed by atoms with Crippen LogP contribution in [-0.2, 0) is 23.7 Å². The van der Waals surface area contributed by atoms with Crippen molar-refractivity contribution in [1.82, 2.24) is 0 Å². The maximum absolute atomic E-state index is 10.2. The zero-order valence-electron chi connectivity index (χ0n) is 12.6. The van der Waals surface area contributed by atoms with E-state index in [9.17, 15) is 5.11 Å². The van der Waals surface area contributed by atoms with Gasteiger partial charge in [0.2, 0.25) is 0 Å². The van der Waals surface area contributed by atoms with E-state index in [1.54, 1.807) is 7.11 Å². The van der Waals surface area contributed by atoms with Gasteiger partial charge in [-0.25, -0.2) is 0 Å². The Morgan fingerprint density at radius 3 is 2.73 bits per heavy atom. The van der Waals surface area contributed by atoms with Crippen LogP contribution < -0.4 is 0 Å². The summed E-state index contributed by atoms with van der Waals surface area (Å²) in [6, 6.07) is 9.72. The molecule has 22 heavy (non-hydrogen) atoms. The average molecular weight is 310 g/mol. The summed E-state index contributed by atoms with van der Waals surface area (Å²) in [5, 5.41) is 10.2. The van der Waals surface area contributed by atoms with Crippen molar-refractivity contribution in [3.05, 3.63) is 35.9 Å². The normalized spacial score (nSPS) is 35.1. The number of hydrogen-bond acceptors (Lipinski definition) is 6. The molecule has 2 aliphatic heterocycles. The van der Waals surface area contributed by atoms with Crippen LogP contribution >= 0.6 is 0 Å². The number of rotatable bonds is 5.